The van der Waals surface area contributed by atoms with Crippen molar-refractivity contribution in [3.05, 3.63) is 30.1 Å². The predicted octanol–water partition coefficient (Wildman–Crippen LogP) is 2.66. The fourth-order valence-electron chi connectivity index (χ4n) is 4.16. The number of hydrogen-bond donors (Lipinski definition) is 0. The molecule has 3 aromatic rings. The first-order chi connectivity index (χ1) is 14.4. The molecular weight excluding hydrogens is 380 g/mol. The summed E-state index contributed by atoms with van der Waals surface area (Å²) in [5.74, 6) is 2.51. The van der Waals surface area contributed by atoms with Gasteiger partial charge in [-0.3, -0.25) is 0 Å². The van der Waals surface area contributed by atoms with Gasteiger partial charge in [0.1, 0.15) is 11.4 Å². The number of nitrogens with zero attached hydrogens (tertiary/aromatic N) is 6. The molecule has 8 heteroatoms. The van der Waals surface area contributed by atoms with Gasteiger partial charge in [0.25, 0.3) is 0 Å². The van der Waals surface area contributed by atoms with E-state index in [-0.39, 0.29) is 0 Å². The quantitative estimate of drug-likeness (QED) is 0.660. The SMILES string of the molecule is CN(C)c1cccc(-c2nc(N3CCOCC3)c3nc4n(c3n2)CCOC4(C)C)c1. The molecule has 0 aliphatic carbocycles. The standard InChI is InChI=1S/C22H28N6O2/c1-22(2)21-23-17-19(27-8-11-29-12-9-27)24-18(25-20(17)28(21)10-13-30-22)15-6-5-7-16(14-15)26(3)4/h5-7,14H,8-13H2,1-4H3. The second kappa shape index (κ2) is 7.21. The minimum Gasteiger partial charge on any atom is -0.378 e. The summed E-state index contributed by atoms with van der Waals surface area (Å²) in [6.45, 7) is 8.50. The monoisotopic (exact) mass is 408 g/mol. The van der Waals surface area contributed by atoms with Crippen LogP contribution in [0.5, 0.6) is 0 Å². The summed E-state index contributed by atoms with van der Waals surface area (Å²) in [6, 6.07) is 8.34. The lowest BCUT2D eigenvalue weighted by Crippen LogP contribution is -2.37. The van der Waals surface area contributed by atoms with Crippen molar-refractivity contribution in [1.29, 1.82) is 0 Å². The summed E-state index contributed by atoms with van der Waals surface area (Å²) in [5.41, 5.74) is 3.39. The van der Waals surface area contributed by atoms with E-state index in [1.54, 1.807) is 0 Å². The van der Waals surface area contributed by atoms with Crippen molar-refractivity contribution in [3.8, 4) is 11.4 Å². The number of morpholine rings is 1. The van der Waals surface area contributed by atoms with E-state index in [9.17, 15) is 0 Å². The molecular formula is C22H28N6O2. The Morgan fingerprint density at radius 3 is 2.57 bits per heavy atom. The van der Waals surface area contributed by atoms with E-state index in [1.165, 1.54) is 0 Å². The van der Waals surface area contributed by atoms with Crippen LogP contribution in [0.4, 0.5) is 11.5 Å². The minimum absolute atomic E-state index is 0.452. The Morgan fingerprint density at radius 2 is 1.80 bits per heavy atom. The van der Waals surface area contributed by atoms with Gasteiger partial charge in [-0.15, -0.1) is 0 Å². The van der Waals surface area contributed by atoms with E-state index in [0.717, 1.165) is 59.5 Å². The van der Waals surface area contributed by atoms with Crippen LogP contribution in [-0.4, -0.2) is 66.5 Å². The topological polar surface area (TPSA) is 68.5 Å². The van der Waals surface area contributed by atoms with Crippen LogP contribution in [0.3, 0.4) is 0 Å². The maximum absolute atomic E-state index is 5.99. The van der Waals surface area contributed by atoms with Gasteiger partial charge < -0.3 is 23.8 Å². The number of benzene rings is 1. The smallest absolute Gasteiger partial charge is 0.166 e. The molecule has 8 nitrogen and oxygen atoms in total. The number of aromatic nitrogens is 4. The molecule has 0 unspecified atom stereocenters. The van der Waals surface area contributed by atoms with Gasteiger partial charge in [0.05, 0.1) is 19.8 Å². The molecule has 1 fully saturated rings. The normalized spacial score (nSPS) is 18.5. The van der Waals surface area contributed by atoms with Gasteiger partial charge in [-0.1, -0.05) is 12.1 Å². The van der Waals surface area contributed by atoms with Crippen LogP contribution in [0.25, 0.3) is 22.6 Å². The third kappa shape index (κ3) is 3.20. The Morgan fingerprint density at radius 1 is 1.00 bits per heavy atom. The Bertz CT molecular complexity index is 1080. The van der Waals surface area contributed by atoms with Crippen molar-refractivity contribution in [2.24, 2.45) is 0 Å². The zero-order chi connectivity index (χ0) is 20.9. The Balaban J connectivity index is 1.73. The molecule has 5 rings (SSSR count). The lowest BCUT2D eigenvalue weighted by molar-refractivity contribution is -0.0530. The number of hydrogen-bond acceptors (Lipinski definition) is 7. The number of fused-ring (bicyclic) bond motifs is 3. The van der Waals surface area contributed by atoms with Crippen molar-refractivity contribution in [1.82, 2.24) is 19.5 Å². The van der Waals surface area contributed by atoms with Crippen molar-refractivity contribution in [2.75, 3.05) is 56.8 Å². The van der Waals surface area contributed by atoms with Crippen LogP contribution in [0.2, 0.25) is 0 Å². The largest absolute Gasteiger partial charge is 0.378 e. The van der Waals surface area contributed by atoms with Crippen molar-refractivity contribution >= 4 is 22.7 Å². The molecule has 0 saturated carbocycles. The molecule has 2 aliphatic heterocycles. The first kappa shape index (κ1) is 19.3. The fraction of sp³-hybridized carbons (Fsp3) is 0.500. The van der Waals surface area contributed by atoms with Crippen molar-refractivity contribution in [3.63, 3.8) is 0 Å². The molecule has 0 bridgehead atoms. The summed E-state index contributed by atoms with van der Waals surface area (Å²) in [5, 5.41) is 0. The van der Waals surface area contributed by atoms with E-state index in [0.29, 0.717) is 19.8 Å². The minimum atomic E-state index is -0.452. The van der Waals surface area contributed by atoms with Gasteiger partial charge in [-0.25, -0.2) is 15.0 Å². The zero-order valence-electron chi connectivity index (χ0n) is 18.1. The molecule has 0 N–H and O–H groups in total. The first-order valence-electron chi connectivity index (χ1n) is 10.5. The lowest BCUT2D eigenvalue weighted by Gasteiger charge is -2.30. The highest BCUT2D eigenvalue weighted by Gasteiger charge is 2.34. The Kier molecular flexibility index (Phi) is 4.63. The van der Waals surface area contributed by atoms with Crippen LogP contribution in [0.15, 0.2) is 24.3 Å². The predicted molar refractivity (Wildman–Crippen MR) is 117 cm³/mol. The molecule has 2 aliphatic rings. The molecule has 4 heterocycles. The number of imidazole rings is 1. The Labute approximate surface area is 176 Å². The number of ether oxygens (including phenoxy) is 2. The summed E-state index contributed by atoms with van der Waals surface area (Å²) >= 11 is 0. The van der Waals surface area contributed by atoms with Gasteiger partial charge in [-0.2, -0.15) is 0 Å². The van der Waals surface area contributed by atoms with Gasteiger partial charge in [0, 0.05) is 45.0 Å². The third-order valence-electron chi connectivity index (χ3n) is 5.82. The van der Waals surface area contributed by atoms with E-state index >= 15 is 0 Å². The second-order valence-corrected chi connectivity index (χ2v) is 8.53. The molecule has 1 aromatic carbocycles. The molecule has 0 amide bonds. The van der Waals surface area contributed by atoms with Gasteiger partial charge in [0.15, 0.2) is 22.8 Å². The summed E-state index contributed by atoms with van der Waals surface area (Å²) in [6.07, 6.45) is 0. The molecule has 0 radical (unpaired) electrons. The van der Waals surface area contributed by atoms with E-state index in [4.69, 9.17) is 24.4 Å². The van der Waals surface area contributed by atoms with Crippen LogP contribution in [0, 0.1) is 0 Å². The average molecular weight is 409 g/mol. The molecule has 1 saturated heterocycles. The Hall–Kier alpha value is -2.71. The molecule has 158 valence electrons. The maximum atomic E-state index is 5.99. The van der Waals surface area contributed by atoms with Gasteiger partial charge >= 0.3 is 0 Å². The summed E-state index contributed by atoms with van der Waals surface area (Å²) in [7, 11) is 4.08. The van der Waals surface area contributed by atoms with Gasteiger partial charge in [0.2, 0.25) is 0 Å². The summed E-state index contributed by atoms with van der Waals surface area (Å²) < 4.78 is 13.8. The van der Waals surface area contributed by atoms with Crippen molar-refractivity contribution < 1.29 is 9.47 Å². The highest BCUT2D eigenvalue weighted by atomic mass is 16.5. The van der Waals surface area contributed by atoms with E-state index in [2.05, 4.69) is 52.5 Å². The first-order valence-corrected chi connectivity index (χ1v) is 10.5. The highest BCUT2D eigenvalue weighted by Crippen LogP contribution is 2.35. The molecule has 0 atom stereocenters. The van der Waals surface area contributed by atoms with E-state index in [1.807, 2.05) is 14.1 Å². The number of rotatable bonds is 3. The van der Waals surface area contributed by atoms with Crippen LogP contribution in [-0.2, 0) is 21.6 Å². The molecule has 2 aromatic heterocycles. The zero-order valence-corrected chi connectivity index (χ0v) is 18.1. The molecule has 0 spiro atoms. The maximum Gasteiger partial charge on any atom is 0.166 e. The highest BCUT2D eigenvalue weighted by molar-refractivity contribution is 5.87. The third-order valence-corrected chi connectivity index (χ3v) is 5.82. The summed E-state index contributed by atoms with van der Waals surface area (Å²) in [4.78, 5) is 19.3. The lowest BCUT2D eigenvalue weighted by atomic mass is 10.1. The van der Waals surface area contributed by atoms with Crippen LogP contribution in [0.1, 0.15) is 19.7 Å². The second-order valence-electron chi connectivity index (χ2n) is 8.53. The number of anilines is 2. The van der Waals surface area contributed by atoms with Crippen molar-refractivity contribution in [2.45, 2.75) is 26.0 Å². The van der Waals surface area contributed by atoms with Crippen LogP contribution >= 0.6 is 0 Å². The van der Waals surface area contributed by atoms with Gasteiger partial charge in [-0.05, 0) is 26.0 Å². The molecule has 30 heavy (non-hydrogen) atoms. The average Bonchev–Trinajstić information content (AvgIpc) is 3.14. The fourth-order valence-corrected chi connectivity index (χ4v) is 4.16. The van der Waals surface area contributed by atoms with Crippen LogP contribution < -0.4 is 9.80 Å². The van der Waals surface area contributed by atoms with E-state index < -0.39 is 5.60 Å².